The lowest BCUT2D eigenvalue weighted by molar-refractivity contribution is -0.139. The van der Waals surface area contributed by atoms with Crippen molar-refractivity contribution in [2.24, 2.45) is 0 Å². The first-order chi connectivity index (χ1) is 9.17. The van der Waals surface area contributed by atoms with E-state index in [1.165, 1.54) is 7.11 Å². The Balaban J connectivity index is 2.50. The second-order valence-corrected chi connectivity index (χ2v) is 4.42. The maximum atomic E-state index is 11.3. The van der Waals surface area contributed by atoms with Crippen molar-refractivity contribution in [1.29, 1.82) is 0 Å². The zero-order valence-corrected chi connectivity index (χ0v) is 11.9. The number of hydrogen-bond donors (Lipinski definition) is 1. The molecule has 0 aliphatic carbocycles. The average molecular weight is 265 g/mol. The summed E-state index contributed by atoms with van der Waals surface area (Å²) in [5.74, 6) is -0.213. The number of hydrogen-bond acceptors (Lipinski definition) is 4. The molecule has 1 rings (SSSR count). The summed E-state index contributed by atoms with van der Waals surface area (Å²) in [5, 5.41) is 3.34. The summed E-state index contributed by atoms with van der Waals surface area (Å²) >= 11 is 0. The molecule has 0 bridgehead atoms. The molecule has 0 fully saturated rings. The van der Waals surface area contributed by atoms with Gasteiger partial charge in [0, 0.05) is 19.7 Å². The van der Waals surface area contributed by atoms with E-state index in [2.05, 4.69) is 5.32 Å². The fourth-order valence-corrected chi connectivity index (χ4v) is 1.88. The summed E-state index contributed by atoms with van der Waals surface area (Å²) in [6.07, 6.45) is 0.507. The van der Waals surface area contributed by atoms with Gasteiger partial charge in [-0.05, 0) is 25.0 Å². The maximum Gasteiger partial charge on any atom is 0.309 e. The first-order valence-corrected chi connectivity index (χ1v) is 6.63. The van der Waals surface area contributed by atoms with Crippen LogP contribution < -0.4 is 5.32 Å². The first-order valence-electron chi connectivity index (χ1n) is 6.63. The molecular formula is C15H23NO3. The van der Waals surface area contributed by atoms with Gasteiger partial charge in [-0.25, -0.2) is 0 Å². The van der Waals surface area contributed by atoms with Gasteiger partial charge in [0.25, 0.3) is 0 Å². The van der Waals surface area contributed by atoms with Crippen LogP contribution in [0, 0.1) is 0 Å². The lowest BCUT2D eigenvalue weighted by atomic mass is 10.0. The summed E-state index contributed by atoms with van der Waals surface area (Å²) in [4.78, 5) is 11.3. The molecule has 1 N–H and O–H groups in total. The zero-order chi connectivity index (χ0) is 14.1. The third-order valence-electron chi connectivity index (χ3n) is 2.88. The molecule has 0 heterocycles. The van der Waals surface area contributed by atoms with Gasteiger partial charge in [0.15, 0.2) is 0 Å². The minimum absolute atomic E-state index is 0.192. The van der Waals surface area contributed by atoms with Crippen LogP contribution in [0.3, 0.4) is 0 Å². The van der Waals surface area contributed by atoms with Crippen molar-refractivity contribution in [2.45, 2.75) is 32.9 Å². The molecule has 0 aliphatic rings. The molecule has 4 heteroatoms. The van der Waals surface area contributed by atoms with Crippen molar-refractivity contribution in [3.05, 3.63) is 35.4 Å². The van der Waals surface area contributed by atoms with Gasteiger partial charge < -0.3 is 14.8 Å². The Bertz CT molecular complexity index is 393. The summed E-state index contributed by atoms with van der Waals surface area (Å²) in [7, 11) is 1.41. The van der Waals surface area contributed by atoms with Crippen molar-refractivity contribution >= 4 is 5.97 Å². The van der Waals surface area contributed by atoms with E-state index in [1.54, 1.807) is 0 Å². The molecule has 1 aromatic rings. The minimum atomic E-state index is -0.213. The quantitative estimate of drug-likeness (QED) is 0.729. The number of esters is 1. The van der Waals surface area contributed by atoms with Crippen molar-refractivity contribution in [2.75, 3.05) is 20.3 Å². The molecular weight excluding hydrogens is 242 g/mol. The van der Waals surface area contributed by atoms with Crippen LogP contribution in [0.25, 0.3) is 0 Å². The highest BCUT2D eigenvalue weighted by Crippen LogP contribution is 2.10. The molecule has 0 aromatic heterocycles. The fourth-order valence-electron chi connectivity index (χ4n) is 1.88. The second-order valence-electron chi connectivity index (χ2n) is 4.42. The SMILES string of the molecule is CCOC(C)CNCc1ccccc1CC(=O)OC. The van der Waals surface area contributed by atoms with Crippen LogP contribution in [0.2, 0.25) is 0 Å². The zero-order valence-electron chi connectivity index (χ0n) is 11.9. The molecule has 1 atom stereocenters. The third-order valence-corrected chi connectivity index (χ3v) is 2.88. The number of benzene rings is 1. The lowest BCUT2D eigenvalue weighted by Crippen LogP contribution is -2.27. The van der Waals surface area contributed by atoms with E-state index in [-0.39, 0.29) is 12.1 Å². The van der Waals surface area contributed by atoms with Crippen molar-refractivity contribution in [3.63, 3.8) is 0 Å². The third kappa shape index (κ3) is 5.85. The number of rotatable bonds is 8. The van der Waals surface area contributed by atoms with Crippen molar-refractivity contribution in [1.82, 2.24) is 5.32 Å². The van der Waals surface area contributed by atoms with E-state index >= 15 is 0 Å². The van der Waals surface area contributed by atoms with Crippen LogP contribution in [0.4, 0.5) is 0 Å². The van der Waals surface area contributed by atoms with E-state index < -0.39 is 0 Å². The largest absolute Gasteiger partial charge is 0.469 e. The van der Waals surface area contributed by atoms with Gasteiger partial charge in [-0.1, -0.05) is 24.3 Å². The van der Waals surface area contributed by atoms with Gasteiger partial charge in [0.1, 0.15) is 0 Å². The molecule has 106 valence electrons. The van der Waals surface area contributed by atoms with E-state index in [0.717, 1.165) is 30.8 Å². The Morgan fingerprint density at radius 2 is 2.00 bits per heavy atom. The van der Waals surface area contributed by atoms with Gasteiger partial charge >= 0.3 is 5.97 Å². The normalized spacial score (nSPS) is 12.2. The Labute approximate surface area is 115 Å². The van der Waals surface area contributed by atoms with Crippen LogP contribution in [0.5, 0.6) is 0 Å². The molecule has 0 amide bonds. The molecule has 1 unspecified atom stereocenters. The lowest BCUT2D eigenvalue weighted by Gasteiger charge is -2.14. The Kier molecular flexibility index (Phi) is 7.15. The fraction of sp³-hybridized carbons (Fsp3) is 0.533. The summed E-state index contributed by atoms with van der Waals surface area (Å²) < 4.78 is 10.2. The highest BCUT2D eigenvalue weighted by atomic mass is 16.5. The van der Waals surface area contributed by atoms with E-state index in [4.69, 9.17) is 9.47 Å². The average Bonchev–Trinajstić information content (AvgIpc) is 2.41. The molecule has 19 heavy (non-hydrogen) atoms. The number of nitrogens with one attached hydrogen (secondary N) is 1. The number of carbonyl (C=O) groups is 1. The summed E-state index contributed by atoms with van der Waals surface area (Å²) in [5.41, 5.74) is 2.13. The van der Waals surface area contributed by atoms with Crippen molar-refractivity contribution in [3.8, 4) is 0 Å². The van der Waals surface area contributed by atoms with Crippen LogP contribution in [0.1, 0.15) is 25.0 Å². The van der Waals surface area contributed by atoms with E-state index in [0.29, 0.717) is 6.42 Å². The van der Waals surface area contributed by atoms with Crippen LogP contribution >= 0.6 is 0 Å². The van der Waals surface area contributed by atoms with E-state index in [1.807, 2.05) is 38.1 Å². The van der Waals surface area contributed by atoms with Crippen LogP contribution in [-0.2, 0) is 27.2 Å². The molecule has 0 saturated heterocycles. The monoisotopic (exact) mass is 265 g/mol. The molecule has 0 aliphatic heterocycles. The van der Waals surface area contributed by atoms with Crippen LogP contribution in [0.15, 0.2) is 24.3 Å². The minimum Gasteiger partial charge on any atom is -0.469 e. The van der Waals surface area contributed by atoms with Gasteiger partial charge in [-0.3, -0.25) is 4.79 Å². The van der Waals surface area contributed by atoms with Gasteiger partial charge in [-0.2, -0.15) is 0 Å². The smallest absolute Gasteiger partial charge is 0.309 e. The number of methoxy groups -OCH3 is 1. The Hall–Kier alpha value is -1.39. The molecule has 0 saturated carbocycles. The molecule has 0 spiro atoms. The number of ether oxygens (including phenoxy) is 2. The van der Waals surface area contributed by atoms with Gasteiger partial charge in [0.05, 0.1) is 19.6 Å². The predicted molar refractivity (Wildman–Crippen MR) is 75.0 cm³/mol. The molecule has 4 nitrogen and oxygen atoms in total. The Morgan fingerprint density at radius 1 is 1.32 bits per heavy atom. The van der Waals surface area contributed by atoms with Crippen molar-refractivity contribution < 1.29 is 14.3 Å². The topological polar surface area (TPSA) is 47.6 Å². The Morgan fingerprint density at radius 3 is 2.63 bits per heavy atom. The van der Waals surface area contributed by atoms with Gasteiger partial charge in [0.2, 0.25) is 0 Å². The predicted octanol–water partition coefficient (Wildman–Crippen LogP) is 1.92. The second kappa shape index (κ2) is 8.67. The standard InChI is InChI=1S/C15H23NO3/c1-4-19-12(2)10-16-11-14-8-6-5-7-13(14)9-15(17)18-3/h5-8,12,16H,4,9-11H2,1-3H3. The maximum absolute atomic E-state index is 11.3. The molecule has 1 aromatic carbocycles. The summed E-state index contributed by atoms with van der Waals surface area (Å²) in [6, 6.07) is 7.89. The first kappa shape index (κ1) is 15.7. The summed E-state index contributed by atoms with van der Waals surface area (Å²) in [6.45, 7) is 6.27. The van der Waals surface area contributed by atoms with Gasteiger partial charge in [-0.15, -0.1) is 0 Å². The highest BCUT2D eigenvalue weighted by Gasteiger charge is 2.08. The number of carbonyl (C=O) groups excluding carboxylic acids is 1. The molecule has 0 radical (unpaired) electrons. The van der Waals surface area contributed by atoms with Crippen LogP contribution in [-0.4, -0.2) is 32.3 Å². The highest BCUT2D eigenvalue weighted by molar-refractivity contribution is 5.72. The van der Waals surface area contributed by atoms with E-state index in [9.17, 15) is 4.79 Å².